The first-order chi connectivity index (χ1) is 18.3. The van der Waals surface area contributed by atoms with Gasteiger partial charge in [-0.3, -0.25) is 0 Å². The van der Waals surface area contributed by atoms with E-state index in [9.17, 15) is 8.42 Å². The van der Waals surface area contributed by atoms with Crippen LogP contribution in [-0.4, -0.2) is 39.3 Å². The van der Waals surface area contributed by atoms with Gasteiger partial charge in [-0.15, -0.1) is 0 Å². The van der Waals surface area contributed by atoms with Crippen molar-refractivity contribution < 1.29 is 12.4 Å². The van der Waals surface area contributed by atoms with Crippen LogP contribution in [0.1, 0.15) is 182 Å². The molecule has 5 heteroatoms. The number of rotatable bonds is 30. The zero-order chi connectivity index (χ0) is 28.5. The van der Waals surface area contributed by atoms with Crippen LogP contribution < -0.4 is 0 Å². The van der Waals surface area contributed by atoms with Gasteiger partial charge in [-0.1, -0.05) is 0 Å². The minimum absolute atomic E-state index is 1.05. The predicted molar refractivity (Wildman–Crippen MR) is 176 cm³/mol. The van der Waals surface area contributed by atoms with Crippen LogP contribution in [0.3, 0.4) is 0 Å². The van der Waals surface area contributed by atoms with Gasteiger partial charge in [0.1, 0.15) is 0 Å². The second-order valence-electron chi connectivity index (χ2n) is 12.6. The van der Waals surface area contributed by atoms with Crippen molar-refractivity contribution in [1.82, 2.24) is 0 Å². The molecule has 0 atom stereocenters. The van der Waals surface area contributed by atoms with E-state index in [1.807, 2.05) is 0 Å². The van der Waals surface area contributed by atoms with Crippen molar-refractivity contribution >= 4 is 16.9 Å². The van der Waals surface area contributed by atoms with E-state index in [0.717, 1.165) is 50.3 Å². The maximum atomic E-state index is 13.0. The van der Waals surface area contributed by atoms with Crippen LogP contribution in [0, 0.1) is 0 Å². The molecular formula is C33H71O3PS. The Morgan fingerprint density at radius 3 is 0.816 bits per heavy atom. The molecule has 0 aromatic heterocycles. The van der Waals surface area contributed by atoms with Gasteiger partial charge in [0.25, 0.3) is 0 Å². The van der Waals surface area contributed by atoms with Crippen molar-refractivity contribution in [1.29, 1.82) is 0 Å². The summed E-state index contributed by atoms with van der Waals surface area (Å²) in [5, 5.41) is 0. The monoisotopic (exact) mass is 578 g/mol. The summed E-state index contributed by atoms with van der Waals surface area (Å²) in [5.74, 6) is 0. The fourth-order valence-corrected chi connectivity index (χ4v) is 16.1. The van der Waals surface area contributed by atoms with Crippen LogP contribution in [0.15, 0.2) is 0 Å². The molecule has 0 saturated heterocycles. The standard InChI is InChI=1S/C33H71O3PS/c1-6-10-14-18-22-26-30-37(36-38(5,34)35,31-27-23-19-15-11-7-2,32-28-24-20-16-12-8-3)33-29-25-21-17-13-9-4/h6-33H2,1-5H3. The van der Waals surface area contributed by atoms with Gasteiger partial charge < -0.3 is 0 Å². The summed E-state index contributed by atoms with van der Waals surface area (Å²) in [6.45, 7) is 6.24. The van der Waals surface area contributed by atoms with Gasteiger partial charge in [0.15, 0.2) is 0 Å². The van der Waals surface area contributed by atoms with Crippen LogP contribution in [-0.2, 0) is 14.1 Å². The van der Waals surface area contributed by atoms with E-state index in [1.165, 1.54) is 135 Å². The SMILES string of the molecule is CCCCCCCCP(CCCCCCCC)(CCCCCCCC)(CCCCCCCC)OS(C)(=O)=O. The van der Waals surface area contributed by atoms with Crippen molar-refractivity contribution in [2.75, 3.05) is 30.9 Å². The van der Waals surface area contributed by atoms with Crippen LogP contribution in [0.5, 0.6) is 0 Å². The molecule has 0 spiro atoms. The molecule has 0 amide bonds. The predicted octanol–water partition coefficient (Wildman–Crippen LogP) is 11.9. The van der Waals surface area contributed by atoms with Gasteiger partial charge in [0, 0.05) is 0 Å². The van der Waals surface area contributed by atoms with Gasteiger partial charge in [-0.25, -0.2) is 0 Å². The Morgan fingerprint density at radius 1 is 0.395 bits per heavy atom. The first-order valence-electron chi connectivity index (χ1n) is 17.2. The third-order valence-electron chi connectivity index (χ3n) is 8.66. The molecule has 0 rings (SSSR count). The quantitative estimate of drug-likeness (QED) is 0.0629. The summed E-state index contributed by atoms with van der Waals surface area (Å²) in [7, 11) is -3.49. The van der Waals surface area contributed by atoms with Gasteiger partial charge >= 0.3 is 242 Å². The molecule has 0 aromatic rings. The number of hydrogen-bond acceptors (Lipinski definition) is 3. The fourth-order valence-electron chi connectivity index (χ4n) is 6.37. The van der Waals surface area contributed by atoms with E-state index in [-0.39, 0.29) is 0 Å². The number of unbranched alkanes of at least 4 members (excludes halogenated alkanes) is 20. The van der Waals surface area contributed by atoms with Crippen molar-refractivity contribution in [3.05, 3.63) is 0 Å². The van der Waals surface area contributed by atoms with Crippen molar-refractivity contribution in [2.24, 2.45) is 0 Å². The normalized spacial score (nSPS) is 13.6. The molecule has 0 saturated carbocycles. The molecule has 0 fully saturated rings. The summed E-state index contributed by atoms with van der Waals surface area (Å²) in [5.41, 5.74) is 0. The third kappa shape index (κ3) is 20.3. The Kier molecular flexibility index (Phi) is 24.2. The minimum atomic E-state index is -3.49. The second kappa shape index (κ2) is 24.0. The Labute approximate surface area is 241 Å². The zero-order valence-corrected chi connectivity index (χ0v) is 28.6. The summed E-state index contributed by atoms with van der Waals surface area (Å²) in [4.78, 5) is 0. The zero-order valence-electron chi connectivity index (χ0n) is 26.9. The fraction of sp³-hybridized carbons (Fsp3) is 1.00. The van der Waals surface area contributed by atoms with E-state index in [1.54, 1.807) is 0 Å². The first-order valence-corrected chi connectivity index (χ1v) is 21.9. The van der Waals surface area contributed by atoms with Gasteiger partial charge in [0.05, 0.1) is 0 Å². The average molecular weight is 579 g/mol. The molecule has 0 aliphatic rings. The summed E-state index contributed by atoms with van der Waals surface area (Å²) in [6.07, 6.45) is 35.8. The van der Waals surface area contributed by atoms with Gasteiger partial charge in [-0.2, -0.15) is 0 Å². The molecule has 0 bridgehead atoms. The molecular weight excluding hydrogens is 507 g/mol. The van der Waals surface area contributed by atoms with Crippen LogP contribution >= 0.6 is 6.83 Å². The summed E-state index contributed by atoms with van der Waals surface area (Å²) in [6, 6.07) is 0. The van der Waals surface area contributed by atoms with Crippen molar-refractivity contribution in [3.63, 3.8) is 0 Å². The Bertz CT molecular complexity index is 544. The van der Waals surface area contributed by atoms with Gasteiger partial charge in [0.2, 0.25) is 0 Å². The van der Waals surface area contributed by atoms with Crippen molar-refractivity contribution in [2.45, 2.75) is 182 Å². The Hall–Kier alpha value is 0.340. The Morgan fingerprint density at radius 2 is 0.605 bits per heavy atom. The van der Waals surface area contributed by atoms with E-state index < -0.39 is 16.9 Å². The van der Waals surface area contributed by atoms with Crippen LogP contribution in [0.4, 0.5) is 0 Å². The van der Waals surface area contributed by atoms with E-state index >= 15 is 0 Å². The molecule has 0 aromatic carbocycles. The van der Waals surface area contributed by atoms with Gasteiger partial charge in [-0.05, 0) is 0 Å². The molecule has 0 aliphatic heterocycles. The topological polar surface area (TPSA) is 43.4 Å². The molecule has 38 heavy (non-hydrogen) atoms. The van der Waals surface area contributed by atoms with E-state index in [2.05, 4.69) is 27.7 Å². The molecule has 0 unspecified atom stereocenters. The maximum absolute atomic E-state index is 13.0. The average Bonchev–Trinajstić information content (AvgIpc) is 2.87. The second-order valence-corrected chi connectivity index (χ2v) is 20.1. The van der Waals surface area contributed by atoms with E-state index in [4.69, 9.17) is 3.97 Å². The molecule has 232 valence electrons. The van der Waals surface area contributed by atoms with E-state index in [0.29, 0.717) is 0 Å². The van der Waals surface area contributed by atoms with Crippen LogP contribution in [0.25, 0.3) is 0 Å². The summed E-state index contributed by atoms with van der Waals surface area (Å²) < 4.78 is 32.5. The summed E-state index contributed by atoms with van der Waals surface area (Å²) >= 11 is 0. The first kappa shape index (κ1) is 38.3. The number of hydrogen-bond donors (Lipinski definition) is 0. The third-order valence-corrected chi connectivity index (χ3v) is 17.2. The van der Waals surface area contributed by atoms with Crippen molar-refractivity contribution in [3.8, 4) is 0 Å². The molecule has 0 radical (unpaired) electrons. The Balaban J connectivity index is 5.77. The van der Waals surface area contributed by atoms with Crippen LogP contribution in [0.2, 0.25) is 0 Å². The molecule has 0 heterocycles. The molecule has 0 aliphatic carbocycles. The molecule has 0 N–H and O–H groups in total. The molecule has 3 nitrogen and oxygen atoms in total.